The van der Waals surface area contributed by atoms with E-state index < -0.39 is 17.5 Å². The van der Waals surface area contributed by atoms with Gasteiger partial charge in [0.05, 0.1) is 12.8 Å². The summed E-state index contributed by atoms with van der Waals surface area (Å²) in [4.78, 5) is 8.04. The molecule has 1 heterocycles. The molecule has 1 aromatic heterocycles. The van der Waals surface area contributed by atoms with Crippen LogP contribution in [0.1, 0.15) is 5.56 Å². The number of ether oxygens (including phenoxy) is 1. The van der Waals surface area contributed by atoms with Crippen LogP contribution in [-0.4, -0.2) is 23.6 Å². The molecule has 0 atom stereocenters. The number of anilines is 3. The van der Waals surface area contributed by atoms with Gasteiger partial charge in [-0.25, -0.2) is 23.1 Å². The maximum absolute atomic E-state index is 13.7. The minimum atomic E-state index is -1.54. The van der Waals surface area contributed by atoms with Crippen molar-refractivity contribution in [3.63, 3.8) is 0 Å². The van der Waals surface area contributed by atoms with Crippen molar-refractivity contribution >= 4 is 17.3 Å². The van der Waals surface area contributed by atoms with Crippen molar-refractivity contribution < 1.29 is 17.9 Å². The van der Waals surface area contributed by atoms with Crippen molar-refractivity contribution in [1.29, 1.82) is 0 Å². The van der Waals surface area contributed by atoms with Gasteiger partial charge in [0, 0.05) is 12.6 Å². The molecule has 3 rings (SSSR count). The van der Waals surface area contributed by atoms with E-state index in [1.54, 1.807) is 13.2 Å². The summed E-state index contributed by atoms with van der Waals surface area (Å²) in [6.07, 6.45) is 2.05. The molecule has 8 heteroatoms. The number of hydrogen-bond donors (Lipinski definition) is 2. The topological polar surface area (TPSA) is 59.1 Å². The third-order valence-corrected chi connectivity index (χ3v) is 3.84. The zero-order valence-corrected chi connectivity index (χ0v) is 14.5. The first-order chi connectivity index (χ1) is 13.1. The molecule has 0 bridgehead atoms. The standard InChI is InChI=1S/C19H17F3N4O/c1-27-13-4-2-12(3-5-13)8-9-23-16-10-17(25-11-24-16)26-15-7-6-14(20)18(21)19(15)22/h2-7,10-11H,8-9H2,1H3,(H2,23,24,25,26). The predicted molar refractivity (Wildman–Crippen MR) is 96.8 cm³/mol. The van der Waals surface area contributed by atoms with Gasteiger partial charge in [0.25, 0.3) is 0 Å². The lowest BCUT2D eigenvalue weighted by Crippen LogP contribution is -2.07. The van der Waals surface area contributed by atoms with E-state index in [0.717, 1.165) is 29.9 Å². The maximum Gasteiger partial charge on any atom is 0.196 e. The van der Waals surface area contributed by atoms with Gasteiger partial charge < -0.3 is 15.4 Å². The van der Waals surface area contributed by atoms with Crippen molar-refractivity contribution in [2.24, 2.45) is 0 Å². The van der Waals surface area contributed by atoms with E-state index in [1.165, 1.54) is 6.33 Å². The van der Waals surface area contributed by atoms with Crippen LogP contribution >= 0.6 is 0 Å². The highest BCUT2D eigenvalue weighted by Gasteiger charge is 2.13. The average molecular weight is 374 g/mol. The molecule has 0 amide bonds. The Balaban J connectivity index is 1.61. The Labute approximate surface area is 154 Å². The second kappa shape index (κ2) is 8.39. The lowest BCUT2D eigenvalue weighted by Gasteiger charge is -2.10. The van der Waals surface area contributed by atoms with E-state index in [-0.39, 0.29) is 11.5 Å². The Morgan fingerprint density at radius 3 is 2.41 bits per heavy atom. The predicted octanol–water partition coefficient (Wildman–Crippen LogP) is 4.30. The van der Waals surface area contributed by atoms with Crippen molar-refractivity contribution in [1.82, 2.24) is 9.97 Å². The first-order valence-electron chi connectivity index (χ1n) is 8.16. The molecule has 5 nitrogen and oxygen atoms in total. The summed E-state index contributed by atoms with van der Waals surface area (Å²) in [6, 6.07) is 11.2. The number of benzene rings is 2. The maximum atomic E-state index is 13.7. The lowest BCUT2D eigenvalue weighted by molar-refractivity contribution is 0.414. The SMILES string of the molecule is COc1ccc(CCNc2cc(Nc3ccc(F)c(F)c3F)ncn2)cc1. The van der Waals surface area contributed by atoms with E-state index in [4.69, 9.17) is 4.74 Å². The van der Waals surface area contributed by atoms with E-state index in [0.29, 0.717) is 12.4 Å². The highest BCUT2D eigenvalue weighted by atomic mass is 19.2. The zero-order chi connectivity index (χ0) is 19.2. The molecule has 0 aliphatic heterocycles. The number of hydrogen-bond acceptors (Lipinski definition) is 5. The van der Waals surface area contributed by atoms with Crippen LogP contribution in [0.2, 0.25) is 0 Å². The van der Waals surface area contributed by atoms with E-state index in [2.05, 4.69) is 20.6 Å². The Kier molecular flexibility index (Phi) is 5.75. The van der Waals surface area contributed by atoms with Gasteiger partial charge in [0.2, 0.25) is 0 Å². The molecule has 27 heavy (non-hydrogen) atoms. The number of methoxy groups -OCH3 is 1. The van der Waals surface area contributed by atoms with Gasteiger partial charge in [-0.15, -0.1) is 0 Å². The van der Waals surface area contributed by atoms with Gasteiger partial charge in [-0.3, -0.25) is 0 Å². The highest BCUT2D eigenvalue weighted by Crippen LogP contribution is 2.23. The molecule has 3 aromatic rings. The van der Waals surface area contributed by atoms with Gasteiger partial charge >= 0.3 is 0 Å². The molecular weight excluding hydrogens is 357 g/mol. The Morgan fingerprint density at radius 2 is 1.67 bits per heavy atom. The molecule has 0 saturated heterocycles. The molecule has 0 aliphatic carbocycles. The van der Waals surface area contributed by atoms with E-state index >= 15 is 0 Å². The largest absolute Gasteiger partial charge is 0.497 e. The second-order valence-corrected chi connectivity index (χ2v) is 5.66. The summed E-state index contributed by atoms with van der Waals surface area (Å²) in [7, 11) is 1.61. The van der Waals surface area contributed by atoms with Crippen LogP contribution in [0.25, 0.3) is 0 Å². The number of nitrogens with zero attached hydrogens (tertiary/aromatic N) is 2. The molecule has 2 N–H and O–H groups in total. The van der Waals surface area contributed by atoms with Gasteiger partial charge in [-0.05, 0) is 36.2 Å². The fraction of sp³-hybridized carbons (Fsp3) is 0.158. The summed E-state index contributed by atoms with van der Waals surface area (Å²) in [5.74, 6) is -2.52. The Morgan fingerprint density at radius 1 is 0.926 bits per heavy atom. The lowest BCUT2D eigenvalue weighted by atomic mass is 10.1. The normalized spacial score (nSPS) is 10.5. The highest BCUT2D eigenvalue weighted by molar-refractivity contribution is 5.59. The zero-order valence-electron chi connectivity index (χ0n) is 14.5. The third-order valence-electron chi connectivity index (χ3n) is 3.84. The van der Waals surface area contributed by atoms with Gasteiger partial charge in [0.1, 0.15) is 23.7 Å². The monoisotopic (exact) mass is 374 g/mol. The minimum Gasteiger partial charge on any atom is -0.497 e. The summed E-state index contributed by atoms with van der Waals surface area (Å²) in [5.41, 5.74) is 0.913. The smallest absolute Gasteiger partial charge is 0.196 e. The van der Waals surface area contributed by atoms with Crippen LogP contribution in [0.4, 0.5) is 30.5 Å². The number of nitrogens with one attached hydrogen (secondary N) is 2. The second-order valence-electron chi connectivity index (χ2n) is 5.66. The first-order valence-corrected chi connectivity index (χ1v) is 8.16. The van der Waals surface area contributed by atoms with Crippen molar-refractivity contribution in [2.75, 3.05) is 24.3 Å². The molecular formula is C19H17F3N4O. The fourth-order valence-electron chi connectivity index (χ4n) is 2.41. The molecule has 0 radical (unpaired) electrons. The summed E-state index contributed by atoms with van der Waals surface area (Å²) in [5, 5.41) is 5.75. The number of halogens is 3. The van der Waals surface area contributed by atoms with Crippen LogP contribution in [0.3, 0.4) is 0 Å². The molecule has 140 valence electrons. The van der Waals surface area contributed by atoms with Crippen molar-refractivity contribution in [2.45, 2.75) is 6.42 Å². The van der Waals surface area contributed by atoms with Crippen LogP contribution in [0, 0.1) is 17.5 Å². The van der Waals surface area contributed by atoms with Crippen LogP contribution in [0.15, 0.2) is 48.8 Å². The van der Waals surface area contributed by atoms with Gasteiger partial charge in [0.15, 0.2) is 17.5 Å². The average Bonchev–Trinajstić information content (AvgIpc) is 2.69. The van der Waals surface area contributed by atoms with Crippen LogP contribution < -0.4 is 15.4 Å². The van der Waals surface area contributed by atoms with E-state index in [9.17, 15) is 13.2 Å². The quantitative estimate of drug-likeness (QED) is 0.604. The minimum absolute atomic E-state index is 0.211. The van der Waals surface area contributed by atoms with Gasteiger partial charge in [-0.1, -0.05) is 12.1 Å². The van der Waals surface area contributed by atoms with Crippen molar-refractivity contribution in [3.05, 3.63) is 71.8 Å². The number of aromatic nitrogens is 2. The summed E-state index contributed by atoms with van der Waals surface area (Å²) in [6.45, 7) is 0.613. The van der Waals surface area contributed by atoms with E-state index in [1.807, 2.05) is 24.3 Å². The van der Waals surface area contributed by atoms with Crippen LogP contribution in [0.5, 0.6) is 5.75 Å². The third kappa shape index (κ3) is 4.66. The molecule has 2 aromatic carbocycles. The molecule has 0 unspecified atom stereocenters. The Bertz CT molecular complexity index is 919. The fourth-order valence-corrected chi connectivity index (χ4v) is 2.41. The summed E-state index contributed by atoms with van der Waals surface area (Å²) >= 11 is 0. The molecule has 0 fully saturated rings. The molecule has 0 aliphatic rings. The summed E-state index contributed by atoms with van der Waals surface area (Å²) < 4.78 is 45.2. The molecule has 0 saturated carbocycles. The molecule has 0 spiro atoms. The van der Waals surface area contributed by atoms with Crippen LogP contribution in [-0.2, 0) is 6.42 Å². The van der Waals surface area contributed by atoms with Crippen molar-refractivity contribution in [3.8, 4) is 5.75 Å². The van der Waals surface area contributed by atoms with Gasteiger partial charge in [-0.2, -0.15) is 0 Å². The number of rotatable bonds is 7. The first kappa shape index (κ1) is 18.5. The Hall–Kier alpha value is -3.29.